The summed E-state index contributed by atoms with van der Waals surface area (Å²) in [5.41, 5.74) is 6.75. The van der Waals surface area contributed by atoms with E-state index in [1.165, 1.54) is 5.69 Å². The van der Waals surface area contributed by atoms with Crippen molar-refractivity contribution in [2.45, 2.75) is 32.4 Å². The summed E-state index contributed by atoms with van der Waals surface area (Å²) in [6.07, 6.45) is 5.15. The summed E-state index contributed by atoms with van der Waals surface area (Å²) in [4.78, 5) is 0. The Morgan fingerprint density at radius 2 is 2.15 bits per heavy atom. The lowest BCUT2D eigenvalue weighted by atomic mass is 10.2. The first-order valence-electron chi connectivity index (χ1n) is 4.83. The highest BCUT2D eigenvalue weighted by molar-refractivity contribution is 5.06. The van der Waals surface area contributed by atoms with Crippen molar-refractivity contribution in [1.29, 1.82) is 0 Å². The number of hydrogen-bond acceptors (Lipinski definition) is 2. The van der Waals surface area contributed by atoms with Gasteiger partial charge in [0.1, 0.15) is 0 Å². The first-order chi connectivity index (χ1) is 6.38. The van der Waals surface area contributed by atoms with Crippen LogP contribution in [0.3, 0.4) is 0 Å². The van der Waals surface area contributed by atoms with Gasteiger partial charge in [0.25, 0.3) is 0 Å². The summed E-state index contributed by atoms with van der Waals surface area (Å²) < 4.78 is 2.18. The van der Waals surface area contributed by atoms with Crippen LogP contribution in [0.1, 0.15) is 25.0 Å². The maximum atomic E-state index is 8.60. The molecule has 0 spiro atoms. The molecule has 0 fully saturated rings. The molecule has 0 saturated heterocycles. The number of unbranched alkanes of at least 4 members (excludes halogenated alkanes) is 2. The number of aryl methyl sites for hydroxylation is 1. The second-order valence-corrected chi connectivity index (χ2v) is 3.18. The molecule has 0 radical (unpaired) electrons. The van der Waals surface area contributed by atoms with Crippen molar-refractivity contribution >= 4 is 0 Å². The van der Waals surface area contributed by atoms with E-state index in [4.69, 9.17) is 10.8 Å². The number of nitrogens with two attached hydrogens (primary N) is 1. The molecule has 3 heteroatoms. The average molecular weight is 182 g/mol. The molecular formula is C10H18N2O. The van der Waals surface area contributed by atoms with Crippen LogP contribution in [0.15, 0.2) is 18.3 Å². The van der Waals surface area contributed by atoms with Gasteiger partial charge in [0.2, 0.25) is 0 Å². The van der Waals surface area contributed by atoms with Gasteiger partial charge in [-0.05, 0) is 31.4 Å². The van der Waals surface area contributed by atoms with Crippen LogP contribution in [0.4, 0.5) is 0 Å². The van der Waals surface area contributed by atoms with Crippen molar-refractivity contribution in [3.05, 3.63) is 24.0 Å². The quantitative estimate of drug-likeness (QED) is 0.647. The minimum Gasteiger partial charge on any atom is -0.396 e. The van der Waals surface area contributed by atoms with E-state index in [1.54, 1.807) is 0 Å². The lowest BCUT2D eigenvalue weighted by Gasteiger charge is -2.06. The standard InChI is InChI=1S/C10H18N2O/c11-9-10-5-4-7-12(10)6-2-1-3-8-13/h4-5,7,13H,1-3,6,8-9,11H2. The first kappa shape index (κ1) is 10.3. The first-order valence-corrected chi connectivity index (χ1v) is 4.83. The lowest BCUT2D eigenvalue weighted by molar-refractivity contribution is 0.282. The third-order valence-corrected chi connectivity index (χ3v) is 2.19. The minimum absolute atomic E-state index is 0.301. The summed E-state index contributed by atoms with van der Waals surface area (Å²) in [7, 11) is 0. The largest absolute Gasteiger partial charge is 0.396 e. The Bertz CT molecular complexity index is 233. The fraction of sp³-hybridized carbons (Fsp3) is 0.600. The van der Waals surface area contributed by atoms with E-state index >= 15 is 0 Å². The second-order valence-electron chi connectivity index (χ2n) is 3.18. The van der Waals surface area contributed by atoms with E-state index in [0.29, 0.717) is 13.2 Å². The van der Waals surface area contributed by atoms with Crippen molar-refractivity contribution in [1.82, 2.24) is 4.57 Å². The maximum Gasteiger partial charge on any atom is 0.0431 e. The molecule has 0 unspecified atom stereocenters. The molecule has 74 valence electrons. The zero-order valence-corrected chi connectivity index (χ0v) is 7.95. The van der Waals surface area contributed by atoms with Crippen LogP contribution >= 0.6 is 0 Å². The fourth-order valence-electron chi connectivity index (χ4n) is 1.42. The van der Waals surface area contributed by atoms with Gasteiger partial charge in [-0.1, -0.05) is 0 Å². The molecule has 0 aliphatic carbocycles. The van der Waals surface area contributed by atoms with Gasteiger partial charge in [-0.2, -0.15) is 0 Å². The van der Waals surface area contributed by atoms with Gasteiger partial charge in [0, 0.05) is 31.6 Å². The summed E-state index contributed by atoms with van der Waals surface area (Å²) in [5, 5.41) is 8.60. The van der Waals surface area contributed by atoms with Crippen LogP contribution < -0.4 is 5.73 Å². The topological polar surface area (TPSA) is 51.2 Å². The Morgan fingerprint density at radius 3 is 2.85 bits per heavy atom. The highest BCUT2D eigenvalue weighted by Gasteiger charge is 1.97. The zero-order chi connectivity index (χ0) is 9.52. The maximum absolute atomic E-state index is 8.60. The van der Waals surface area contributed by atoms with Gasteiger partial charge in [-0.3, -0.25) is 0 Å². The van der Waals surface area contributed by atoms with Gasteiger partial charge in [-0.25, -0.2) is 0 Å². The molecule has 0 aliphatic heterocycles. The predicted octanol–water partition coefficient (Wildman–Crippen LogP) is 1.11. The van der Waals surface area contributed by atoms with Crippen molar-refractivity contribution < 1.29 is 5.11 Å². The summed E-state index contributed by atoms with van der Waals surface area (Å²) in [6, 6.07) is 4.07. The second kappa shape index (κ2) is 5.78. The Labute approximate surface area is 79.2 Å². The van der Waals surface area contributed by atoms with E-state index in [2.05, 4.69) is 10.8 Å². The third kappa shape index (κ3) is 3.20. The third-order valence-electron chi connectivity index (χ3n) is 2.19. The van der Waals surface area contributed by atoms with Gasteiger partial charge < -0.3 is 15.4 Å². The zero-order valence-electron chi connectivity index (χ0n) is 7.95. The number of nitrogens with zero attached hydrogens (tertiary/aromatic N) is 1. The van der Waals surface area contributed by atoms with Crippen molar-refractivity contribution in [2.24, 2.45) is 5.73 Å². The summed E-state index contributed by atoms with van der Waals surface area (Å²) >= 11 is 0. The Morgan fingerprint density at radius 1 is 1.31 bits per heavy atom. The van der Waals surface area contributed by atoms with Crippen molar-refractivity contribution in [2.75, 3.05) is 6.61 Å². The number of aromatic nitrogens is 1. The van der Waals surface area contributed by atoms with Crippen molar-refractivity contribution in [3.63, 3.8) is 0 Å². The molecular weight excluding hydrogens is 164 g/mol. The molecule has 0 aromatic carbocycles. The Kier molecular flexibility index (Phi) is 4.57. The van der Waals surface area contributed by atoms with E-state index in [1.807, 2.05) is 12.1 Å². The molecule has 0 bridgehead atoms. The van der Waals surface area contributed by atoms with Crippen LogP contribution in [0.5, 0.6) is 0 Å². The highest BCUT2D eigenvalue weighted by atomic mass is 16.2. The summed E-state index contributed by atoms with van der Waals surface area (Å²) in [6.45, 7) is 1.92. The van der Waals surface area contributed by atoms with Crippen molar-refractivity contribution in [3.8, 4) is 0 Å². The summed E-state index contributed by atoms with van der Waals surface area (Å²) in [5.74, 6) is 0. The van der Waals surface area contributed by atoms with Crippen LogP contribution in [-0.4, -0.2) is 16.3 Å². The fourth-order valence-corrected chi connectivity index (χ4v) is 1.42. The minimum atomic E-state index is 0.301. The monoisotopic (exact) mass is 182 g/mol. The predicted molar refractivity (Wildman–Crippen MR) is 53.3 cm³/mol. The number of hydrogen-bond donors (Lipinski definition) is 2. The van der Waals surface area contributed by atoms with Gasteiger partial charge in [0.15, 0.2) is 0 Å². The number of aliphatic hydroxyl groups is 1. The molecule has 1 rings (SSSR count). The molecule has 3 N–H and O–H groups in total. The average Bonchev–Trinajstić information content (AvgIpc) is 2.60. The highest BCUT2D eigenvalue weighted by Crippen LogP contribution is 2.04. The van der Waals surface area contributed by atoms with E-state index < -0.39 is 0 Å². The van der Waals surface area contributed by atoms with E-state index in [9.17, 15) is 0 Å². The Hall–Kier alpha value is -0.800. The van der Waals surface area contributed by atoms with Crippen LogP contribution in [0, 0.1) is 0 Å². The molecule has 1 heterocycles. The van der Waals surface area contributed by atoms with Gasteiger partial charge in [0.05, 0.1) is 0 Å². The molecule has 0 atom stereocenters. The van der Waals surface area contributed by atoms with Crippen LogP contribution in [-0.2, 0) is 13.1 Å². The molecule has 0 amide bonds. The Balaban J connectivity index is 2.27. The SMILES string of the molecule is NCc1cccn1CCCCCO. The van der Waals surface area contributed by atoms with E-state index in [0.717, 1.165) is 25.8 Å². The van der Waals surface area contributed by atoms with Crippen LogP contribution in [0.25, 0.3) is 0 Å². The smallest absolute Gasteiger partial charge is 0.0431 e. The van der Waals surface area contributed by atoms with Gasteiger partial charge >= 0.3 is 0 Å². The number of rotatable bonds is 6. The normalized spacial score (nSPS) is 10.6. The number of aliphatic hydroxyl groups excluding tert-OH is 1. The molecule has 1 aromatic rings. The molecule has 1 aromatic heterocycles. The van der Waals surface area contributed by atoms with Crippen LogP contribution in [0.2, 0.25) is 0 Å². The molecule has 0 aliphatic rings. The molecule has 3 nitrogen and oxygen atoms in total. The van der Waals surface area contributed by atoms with Gasteiger partial charge in [-0.15, -0.1) is 0 Å². The molecule has 13 heavy (non-hydrogen) atoms. The van der Waals surface area contributed by atoms with E-state index in [-0.39, 0.29) is 0 Å². The molecule has 0 saturated carbocycles. The lowest BCUT2D eigenvalue weighted by Crippen LogP contribution is -2.06.